The zero-order chi connectivity index (χ0) is 19.4. The number of carboxylic acid groups (broad SMARTS) is 1. The Morgan fingerprint density at radius 3 is 2.41 bits per heavy atom. The fraction of sp³-hybridized carbons (Fsp3) is 0.455. The predicted octanol–water partition coefficient (Wildman–Crippen LogP) is 3.33. The Labute approximate surface area is 160 Å². The van der Waals surface area contributed by atoms with E-state index in [1.54, 1.807) is 0 Å². The molecule has 0 aliphatic carbocycles. The van der Waals surface area contributed by atoms with Gasteiger partial charge in [0.1, 0.15) is 0 Å². The Balaban J connectivity index is 1.61. The van der Waals surface area contributed by atoms with E-state index in [1.807, 2.05) is 38.1 Å². The number of ketones is 1. The molecule has 1 aliphatic heterocycles. The molecule has 27 heavy (non-hydrogen) atoms. The molecule has 5 heteroatoms. The first-order valence-corrected chi connectivity index (χ1v) is 9.64. The summed E-state index contributed by atoms with van der Waals surface area (Å²) in [7, 11) is 0. The summed E-state index contributed by atoms with van der Waals surface area (Å²) in [5, 5.41) is 9.10. The molecule has 1 fully saturated rings. The lowest BCUT2D eigenvalue weighted by molar-refractivity contribution is -0.143. The number of likely N-dealkylation sites (tertiary alicyclic amines) is 1. The normalized spacial score (nSPS) is 15.8. The lowest BCUT2D eigenvalue weighted by Crippen LogP contribution is -2.39. The lowest BCUT2D eigenvalue weighted by atomic mass is 9.97. The third kappa shape index (κ3) is 4.66. The molecule has 144 valence electrons. The third-order valence-corrected chi connectivity index (χ3v) is 5.64. The number of nitrogens with zero attached hydrogens (tertiary/aromatic N) is 2. The number of Topliss-reactive ketones (excluding diaryl/α,β-unsaturated/α-hetero) is 1. The Bertz CT molecular complexity index is 802. The molecule has 0 bridgehead atoms. The quantitative estimate of drug-likeness (QED) is 0.762. The van der Waals surface area contributed by atoms with Crippen LogP contribution in [0.15, 0.2) is 36.4 Å². The van der Waals surface area contributed by atoms with Crippen molar-refractivity contribution in [2.45, 2.75) is 39.7 Å². The van der Waals surface area contributed by atoms with Crippen LogP contribution < -0.4 is 0 Å². The molecule has 0 amide bonds. The topological polar surface area (TPSA) is 62.5 Å². The highest BCUT2D eigenvalue weighted by atomic mass is 16.4. The molecule has 1 aliphatic rings. The van der Waals surface area contributed by atoms with Crippen molar-refractivity contribution < 1.29 is 14.7 Å². The number of aryl methyl sites for hydroxylation is 2. The van der Waals surface area contributed by atoms with Crippen LogP contribution in [0.3, 0.4) is 0 Å². The minimum Gasteiger partial charge on any atom is -0.481 e. The van der Waals surface area contributed by atoms with Crippen LogP contribution >= 0.6 is 0 Å². The maximum Gasteiger partial charge on any atom is 0.306 e. The molecule has 1 aromatic heterocycles. The summed E-state index contributed by atoms with van der Waals surface area (Å²) in [5.41, 5.74) is 4.21. The largest absolute Gasteiger partial charge is 0.481 e. The van der Waals surface area contributed by atoms with Crippen LogP contribution in [0.2, 0.25) is 0 Å². The van der Waals surface area contributed by atoms with Gasteiger partial charge in [-0.15, -0.1) is 0 Å². The molecular weight excluding hydrogens is 340 g/mol. The van der Waals surface area contributed by atoms with Crippen molar-refractivity contribution in [3.05, 3.63) is 58.9 Å². The number of piperidine rings is 1. The highest BCUT2D eigenvalue weighted by molar-refractivity contribution is 5.99. The Morgan fingerprint density at radius 2 is 1.78 bits per heavy atom. The van der Waals surface area contributed by atoms with E-state index in [4.69, 9.17) is 5.11 Å². The van der Waals surface area contributed by atoms with E-state index in [0.717, 1.165) is 29.9 Å². The number of hydrogen-bond acceptors (Lipinski definition) is 3. The van der Waals surface area contributed by atoms with Crippen molar-refractivity contribution in [1.29, 1.82) is 0 Å². The average Bonchev–Trinajstić information content (AvgIpc) is 2.95. The summed E-state index contributed by atoms with van der Waals surface area (Å²) in [6.07, 6.45) is 2.19. The number of rotatable bonds is 7. The summed E-state index contributed by atoms with van der Waals surface area (Å²) in [4.78, 5) is 26.0. The van der Waals surface area contributed by atoms with Gasteiger partial charge in [-0.3, -0.25) is 14.5 Å². The summed E-state index contributed by atoms with van der Waals surface area (Å²) in [6.45, 7) is 6.65. The summed E-state index contributed by atoms with van der Waals surface area (Å²) in [6, 6.07) is 12.4. The van der Waals surface area contributed by atoms with E-state index in [2.05, 4.69) is 21.6 Å². The second-order valence-corrected chi connectivity index (χ2v) is 7.48. The second kappa shape index (κ2) is 8.53. The highest BCUT2D eigenvalue weighted by Crippen LogP contribution is 2.20. The molecule has 0 radical (unpaired) electrons. The van der Waals surface area contributed by atoms with E-state index >= 15 is 0 Å². The fourth-order valence-corrected chi connectivity index (χ4v) is 3.94. The monoisotopic (exact) mass is 368 g/mol. The summed E-state index contributed by atoms with van der Waals surface area (Å²) < 4.78 is 2.22. The van der Waals surface area contributed by atoms with Gasteiger partial charge in [0.15, 0.2) is 5.78 Å². The van der Waals surface area contributed by atoms with Gasteiger partial charge in [-0.2, -0.15) is 0 Å². The first-order chi connectivity index (χ1) is 13.0. The van der Waals surface area contributed by atoms with Gasteiger partial charge in [-0.25, -0.2) is 0 Å². The van der Waals surface area contributed by atoms with Gasteiger partial charge in [0.25, 0.3) is 0 Å². The highest BCUT2D eigenvalue weighted by Gasteiger charge is 2.26. The molecule has 1 aromatic carbocycles. The third-order valence-electron chi connectivity index (χ3n) is 5.64. The zero-order valence-corrected chi connectivity index (χ0v) is 16.1. The van der Waals surface area contributed by atoms with E-state index in [9.17, 15) is 9.59 Å². The number of carboxylic acids is 1. The van der Waals surface area contributed by atoms with Crippen LogP contribution in [-0.2, 0) is 17.8 Å². The van der Waals surface area contributed by atoms with Crippen molar-refractivity contribution in [2.75, 3.05) is 19.6 Å². The average molecular weight is 368 g/mol. The molecule has 2 aromatic rings. The number of carbonyl (C=O) groups excluding carboxylic acids is 1. The van der Waals surface area contributed by atoms with Crippen LogP contribution in [0.4, 0.5) is 0 Å². The number of aromatic nitrogens is 1. The molecule has 3 rings (SSSR count). The SMILES string of the molecule is Cc1cc(C(=O)CN2CCC(C(=O)O)CC2)c(C)n1CCc1ccccc1. The minimum absolute atomic E-state index is 0.128. The smallest absolute Gasteiger partial charge is 0.306 e. The second-order valence-electron chi connectivity index (χ2n) is 7.48. The number of benzene rings is 1. The predicted molar refractivity (Wildman–Crippen MR) is 105 cm³/mol. The molecule has 0 unspecified atom stereocenters. The Hall–Kier alpha value is -2.40. The molecule has 1 saturated heterocycles. The molecule has 0 spiro atoms. The minimum atomic E-state index is -0.720. The molecule has 0 atom stereocenters. The van der Waals surface area contributed by atoms with Gasteiger partial charge in [0.05, 0.1) is 12.5 Å². The summed E-state index contributed by atoms with van der Waals surface area (Å²) in [5.74, 6) is -0.856. The number of carbonyl (C=O) groups is 2. The lowest BCUT2D eigenvalue weighted by Gasteiger charge is -2.29. The van der Waals surface area contributed by atoms with Crippen molar-refractivity contribution in [2.24, 2.45) is 5.92 Å². The molecule has 2 heterocycles. The number of aliphatic carboxylic acids is 1. The van der Waals surface area contributed by atoms with Crippen LogP contribution in [0, 0.1) is 19.8 Å². The van der Waals surface area contributed by atoms with Gasteiger partial charge in [0.2, 0.25) is 0 Å². The number of hydrogen-bond donors (Lipinski definition) is 1. The Morgan fingerprint density at radius 1 is 1.11 bits per heavy atom. The van der Waals surface area contributed by atoms with Crippen LogP contribution in [0.25, 0.3) is 0 Å². The van der Waals surface area contributed by atoms with Crippen LogP contribution in [0.1, 0.15) is 40.2 Å². The first kappa shape index (κ1) is 19.4. The van der Waals surface area contributed by atoms with Crippen molar-refractivity contribution in [1.82, 2.24) is 9.47 Å². The Kier molecular flexibility index (Phi) is 6.11. The molecule has 5 nitrogen and oxygen atoms in total. The summed E-state index contributed by atoms with van der Waals surface area (Å²) >= 11 is 0. The van der Waals surface area contributed by atoms with Gasteiger partial charge in [-0.05, 0) is 57.8 Å². The van der Waals surface area contributed by atoms with Crippen LogP contribution in [0.5, 0.6) is 0 Å². The van der Waals surface area contributed by atoms with Crippen molar-refractivity contribution >= 4 is 11.8 Å². The first-order valence-electron chi connectivity index (χ1n) is 9.64. The molecule has 0 saturated carbocycles. The van der Waals surface area contributed by atoms with Gasteiger partial charge < -0.3 is 9.67 Å². The van der Waals surface area contributed by atoms with E-state index in [0.29, 0.717) is 32.5 Å². The van der Waals surface area contributed by atoms with E-state index in [-0.39, 0.29) is 11.7 Å². The zero-order valence-electron chi connectivity index (χ0n) is 16.1. The maximum atomic E-state index is 12.8. The standard InChI is InChI=1S/C22H28N2O3/c1-16-14-20(17(2)24(16)13-8-18-6-4-3-5-7-18)21(25)15-23-11-9-19(10-12-23)22(26)27/h3-7,14,19H,8-13,15H2,1-2H3,(H,26,27). The molecular formula is C22H28N2O3. The van der Waals surface area contributed by atoms with Crippen molar-refractivity contribution in [3.63, 3.8) is 0 Å². The van der Waals surface area contributed by atoms with Crippen LogP contribution in [-0.4, -0.2) is 46.0 Å². The van der Waals surface area contributed by atoms with Gasteiger partial charge in [-0.1, -0.05) is 30.3 Å². The van der Waals surface area contributed by atoms with E-state index in [1.165, 1.54) is 5.56 Å². The van der Waals surface area contributed by atoms with Gasteiger partial charge in [0, 0.05) is 23.5 Å². The fourth-order valence-electron chi connectivity index (χ4n) is 3.94. The van der Waals surface area contributed by atoms with Crippen molar-refractivity contribution in [3.8, 4) is 0 Å². The maximum absolute atomic E-state index is 12.8. The van der Waals surface area contributed by atoms with E-state index < -0.39 is 5.97 Å². The van der Waals surface area contributed by atoms with Gasteiger partial charge >= 0.3 is 5.97 Å². The molecule has 1 N–H and O–H groups in total.